The summed E-state index contributed by atoms with van der Waals surface area (Å²) in [4.78, 5) is 25.4. The molecule has 0 spiro atoms. The SMILES string of the molecule is COc1cc(C=NN2C(=O)[C@@H]3[C@H](C2=O)[C@H]2C=C[C@H]3C2)cc(OC)c1OC(C)C. The monoisotopic (exact) mass is 384 g/mol. The van der Waals surface area contributed by atoms with Gasteiger partial charge in [-0.15, -0.1) is 0 Å². The van der Waals surface area contributed by atoms with Crippen molar-refractivity contribution in [3.63, 3.8) is 0 Å². The molecule has 1 aliphatic heterocycles. The smallest absolute Gasteiger partial charge is 0.254 e. The zero-order valence-electron chi connectivity index (χ0n) is 16.4. The van der Waals surface area contributed by atoms with E-state index in [-0.39, 0.29) is 41.6 Å². The molecule has 2 amide bonds. The third kappa shape index (κ3) is 2.85. The van der Waals surface area contributed by atoms with Crippen LogP contribution in [0.25, 0.3) is 0 Å². The molecule has 0 unspecified atom stereocenters. The Kier molecular flexibility index (Phi) is 4.61. The van der Waals surface area contributed by atoms with Crippen molar-refractivity contribution in [1.29, 1.82) is 0 Å². The van der Waals surface area contributed by atoms with E-state index in [1.807, 2.05) is 13.8 Å². The van der Waals surface area contributed by atoms with Crippen molar-refractivity contribution in [3.8, 4) is 17.2 Å². The standard InChI is InChI=1S/C21H24N2O5/c1-11(2)28-19-15(26-3)7-12(8-16(19)27-4)10-22-23-20(24)17-13-5-6-14(9-13)18(17)21(23)25/h5-8,10-11,13-14,17-18H,9H2,1-4H3/t13-,14-,17-,18+/m0/s1. The zero-order chi connectivity index (χ0) is 20.0. The van der Waals surface area contributed by atoms with Gasteiger partial charge in [0.2, 0.25) is 5.75 Å². The fourth-order valence-corrected chi connectivity index (χ4v) is 4.45. The minimum Gasteiger partial charge on any atom is -0.493 e. The van der Waals surface area contributed by atoms with Gasteiger partial charge in [-0.25, -0.2) is 0 Å². The third-order valence-electron chi connectivity index (χ3n) is 5.61. The average Bonchev–Trinajstić information content (AvgIpc) is 3.35. The zero-order valence-corrected chi connectivity index (χ0v) is 16.4. The Morgan fingerprint density at radius 1 is 1.04 bits per heavy atom. The van der Waals surface area contributed by atoms with Crippen molar-refractivity contribution in [1.82, 2.24) is 5.01 Å². The second-order valence-electron chi connectivity index (χ2n) is 7.65. The minimum absolute atomic E-state index is 0.0504. The summed E-state index contributed by atoms with van der Waals surface area (Å²) < 4.78 is 16.6. The van der Waals surface area contributed by atoms with Gasteiger partial charge < -0.3 is 14.2 Å². The van der Waals surface area contributed by atoms with Gasteiger partial charge in [0.25, 0.3) is 11.8 Å². The molecule has 1 saturated heterocycles. The van der Waals surface area contributed by atoms with Gasteiger partial charge in [-0.1, -0.05) is 12.2 Å². The van der Waals surface area contributed by atoms with Gasteiger partial charge in [0.15, 0.2) is 11.5 Å². The predicted molar refractivity (Wildman–Crippen MR) is 102 cm³/mol. The number of carbonyl (C=O) groups excluding carboxylic acids is 2. The molecule has 28 heavy (non-hydrogen) atoms. The van der Waals surface area contributed by atoms with Crippen LogP contribution >= 0.6 is 0 Å². The van der Waals surface area contributed by atoms with E-state index in [2.05, 4.69) is 17.3 Å². The van der Waals surface area contributed by atoms with E-state index in [9.17, 15) is 9.59 Å². The maximum atomic E-state index is 12.7. The van der Waals surface area contributed by atoms with Crippen LogP contribution in [0, 0.1) is 23.7 Å². The highest BCUT2D eigenvalue weighted by atomic mass is 16.5. The number of hydrazone groups is 1. The van der Waals surface area contributed by atoms with Crippen LogP contribution in [0.1, 0.15) is 25.8 Å². The fraction of sp³-hybridized carbons (Fsp3) is 0.476. The van der Waals surface area contributed by atoms with E-state index in [0.29, 0.717) is 22.8 Å². The van der Waals surface area contributed by atoms with Crippen LogP contribution in [0.15, 0.2) is 29.4 Å². The van der Waals surface area contributed by atoms with Crippen molar-refractivity contribution in [2.45, 2.75) is 26.4 Å². The van der Waals surface area contributed by atoms with E-state index in [1.54, 1.807) is 26.4 Å². The van der Waals surface area contributed by atoms with Crippen LogP contribution in [-0.4, -0.2) is 43.4 Å². The van der Waals surface area contributed by atoms with Gasteiger partial charge in [0.05, 0.1) is 38.4 Å². The number of hydrogen-bond acceptors (Lipinski definition) is 6. The summed E-state index contributed by atoms with van der Waals surface area (Å²) in [6.07, 6.45) is 6.46. The van der Waals surface area contributed by atoms with Crippen LogP contribution in [0.4, 0.5) is 0 Å². The number of amides is 2. The number of carbonyl (C=O) groups is 2. The Labute approximate surface area is 163 Å². The number of fused-ring (bicyclic) bond motifs is 5. The molecule has 148 valence electrons. The highest BCUT2D eigenvalue weighted by Crippen LogP contribution is 2.52. The number of methoxy groups -OCH3 is 2. The first-order valence-corrected chi connectivity index (χ1v) is 9.47. The van der Waals surface area contributed by atoms with Crippen molar-refractivity contribution in [3.05, 3.63) is 29.8 Å². The molecule has 2 fully saturated rings. The topological polar surface area (TPSA) is 77.4 Å². The summed E-state index contributed by atoms with van der Waals surface area (Å²) in [6.45, 7) is 3.83. The van der Waals surface area contributed by atoms with Crippen LogP contribution in [0.3, 0.4) is 0 Å². The first-order valence-electron chi connectivity index (χ1n) is 9.47. The second kappa shape index (κ2) is 6.96. The summed E-state index contributed by atoms with van der Waals surface area (Å²) >= 11 is 0. The van der Waals surface area contributed by atoms with Gasteiger partial charge in [0.1, 0.15) is 0 Å². The lowest BCUT2D eigenvalue weighted by atomic mass is 9.85. The number of imide groups is 1. The summed E-state index contributed by atoms with van der Waals surface area (Å²) in [5.74, 6) is 0.890. The van der Waals surface area contributed by atoms with Crippen LogP contribution in [0.5, 0.6) is 17.2 Å². The molecule has 1 heterocycles. The fourth-order valence-electron chi connectivity index (χ4n) is 4.45. The van der Waals surface area contributed by atoms with Crippen molar-refractivity contribution >= 4 is 18.0 Å². The molecule has 4 rings (SSSR count). The van der Waals surface area contributed by atoms with Gasteiger partial charge in [-0.2, -0.15) is 10.1 Å². The largest absolute Gasteiger partial charge is 0.493 e. The number of rotatable bonds is 6. The van der Waals surface area contributed by atoms with Crippen molar-refractivity contribution in [2.24, 2.45) is 28.8 Å². The normalized spacial score (nSPS) is 28.0. The molecule has 0 N–H and O–H groups in total. The number of ether oxygens (including phenoxy) is 3. The van der Waals surface area contributed by atoms with Crippen LogP contribution in [-0.2, 0) is 9.59 Å². The molecule has 3 aliphatic rings. The second-order valence-corrected chi connectivity index (χ2v) is 7.65. The molecule has 1 saturated carbocycles. The Morgan fingerprint density at radius 3 is 2.04 bits per heavy atom. The molecule has 7 heteroatoms. The van der Waals surface area contributed by atoms with Gasteiger partial charge in [-0.05, 0) is 44.2 Å². The van der Waals surface area contributed by atoms with E-state index >= 15 is 0 Å². The lowest BCUT2D eigenvalue weighted by molar-refractivity contribution is -0.140. The molecule has 4 atom stereocenters. The number of hydrogen-bond donors (Lipinski definition) is 0. The molecular formula is C21H24N2O5. The van der Waals surface area contributed by atoms with E-state index in [0.717, 1.165) is 11.4 Å². The Morgan fingerprint density at radius 2 is 1.57 bits per heavy atom. The molecule has 0 aromatic heterocycles. The lowest BCUT2D eigenvalue weighted by Gasteiger charge is -2.17. The Bertz CT molecular complexity index is 821. The highest BCUT2D eigenvalue weighted by Gasteiger charge is 2.59. The molecule has 2 aliphatic carbocycles. The molecule has 7 nitrogen and oxygen atoms in total. The summed E-state index contributed by atoms with van der Waals surface area (Å²) in [5.41, 5.74) is 0.642. The quantitative estimate of drug-likeness (QED) is 0.428. The Hall–Kier alpha value is -2.83. The Balaban J connectivity index is 1.60. The first kappa shape index (κ1) is 18.5. The van der Waals surface area contributed by atoms with Crippen LogP contribution < -0.4 is 14.2 Å². The minimum atomic E-state index is -0.259. The van der Waals surface area contributed by atoms with Gasteiger partial charge in [-0.3, -0.25) is 9.59 Å². The maximum absolute atomic E-state index is 12.7. The van der Waals surface area contributed by atoms with Crippen LogP contribution in [0.2, 0.25) is 0 Å². The van der Waals surface area contributed by atoms with E-state index < -0.39 is 0 Å². The van der Waals surface area contributed by atoms with E-state index in [1.165, 1.54) is 6.21 Å². The maximum Gasteiger partial charge on any atom is 0.254 e. The van der Waals surface area contributed by atoms with Gasteiger partial charge >= 0.3 is 0 Å². The molecule has 1 aromatic rings. The van der Waals surface area contributed by atoms with Crippen molar-refractivity contribution in [2.75, 3.05) is 14.2 Å². The predicted octanol–water partition coefficient (Wildman–Crippen LogP) is 2.63. The molecule has 2 bridgehead atoms. The summed E-state index contributed by atoms with van der Waals surface area (Å²) in [6, 6.07) is 3.47. The third-order valence-corrected chi connectivity index (χ3v) is 5.61. The average molecular weight is 384 g/mol. The number of allylic oxidation sites excluding steroid dienone is 2. The highest BCUT2D eigenvalue weighted by molar-refractivity contribution is 6.06. The van der Waals surface area contributed by atoms with Gasteiger partial charge in [0, 0.05) is 5.56 Å². The number of nitrogens with zero attached hydrogens (tertiary/aromatic N) is 2. The first-order chi connectivity index (χ1) is 13.4. The molecule has 0 radical (unpaired) electrons. The lowest BCUT2D eigenvalue weighted by Crippen LogP contribution is -2.28. The summed E-state index contributed by atoms with van der Waals surface area (Å²) in [5, 5.41) is 5.23. The molecule has 1 aromatic carbocycles. The number of benzene rings is 1. The molecular weight excluding hydrogens is 360 g/mol. The van der Waals surface area contributed by atoms with Crippen molar-refractivity contribution < 1.29 is 23.8 Å². The summed E-state index contributed by atoms with van der Waals surface area (Å²) in [7, 11) is 3.08. The van der Waals surface area contributed by atoms with E-state index in [4.69, 9.17) is 14.2 Å².